The highest BCUT2D eigenvalue weighted by atomic mass is 16.5. The average molecular weight is 255 g/mol. The average Bonchev–Trinajstić information content (AvgIpc) is 2.72. The lowest BCUT2D eigenvalue weighted by Crippen LogP contribution is -2.37. The van der Waals surface area contributed by atoms with E-state index < -0.39 is 12.0 Å². The van der Waals surface area contributed by atoms with Gasteiger partial charge in [-0.2, -0.15) is 4.98 Å². The molecule has 0 fully saturated rings. The Bertz CT molecular complexity index is 376. The lowest BCUT2D eigenvalue weighted by Gasteiger charge is -2.14. The number of carbonyl (C=O) groups is 1. The Labute approximate surface area is 107 Å². The SMILES string of the molecule is CCCc1noc(CNC(CC(C)C)C(=O)O)n1. The predicted molar refractivity (Wildman–Crippen MR) is 66.0 cm³/mol. The lowest BCUT2D eigenvalue weighted by molar-refractivity contribution is -0.140. The summed E-state index contributed by atoms with van der Waals surface area (Å²) in [6.07, 6.45) is 2.31. The summed E-state index contributed by atoms with van der Waals surface area (Å²) in [6.45, 7) is 6.31. The second kappa shape index (κ2) is 7.10. The molecular formula is C12H21N3O3. The van der Waals surface area contributed by atoms with Gasteiger partial charge in [-0.3, -0.25) is 10.1 Å². The minimum Gasteiger partial charge on any atom is -0.480 e. The molecule has 0 spiro atoms. The van der Waals surface area contributed by atoms with E-state index in [4.69, 9.17) is 9.63 Å². The fraction of sp³-hybridized carbons (Fsp3) is 0.750. The first-order valence-corrected chi connectivity index (χ1v) is 6.30. The van der Waals surface area contributed by atoms with Crippen molar-refractivity contribution in [3.05, 3.63) is 11.7 Å². The number of hydrogen-bond donors (Lipinski definition) is 2. The lowest BCUT2D eigenvalue weighted by atomic mass is 10.0. The molecule has 0 amide bonds. The molecule has 102 valence electrons. The largest absolute Gasteiger partial charge is 0.480 e. The molecule has 0 aliphatic carbocycles. The second-order valence-electron chi connectivity index (χ2n) is 4.76. The van der Waals surface area contributed by atoms with Crippen molar-refractivity contribution in [2.75, 3.05) is 0 Å². The van der Waals surface area contributed by atoms with E-state index in [1.165, 1.54) is 0 Å². The minimum atomic E-state index is -0.850. The molecule has 0 saturated heterocycles. The zero-order valence-corrected chi connectivity index (χ0v) is 11.1. The van der Waals surface area contributed by atoms with Gasteiger partial charge in [0.25, 0.3) is 0 Å². The summed E-state index contributed by atoms with van der Waals surface area (Å²) >= 11 is 0. The number of aliphatic carboxylic acids is 1. The molecule has 0 aromatic carbocycles. The molecule has 2 N–H and O–H groups in total. The first-order chi connectivity index (χ1) is 8.52. The van der Waals surface area contributed by atoms with Gasteiger partial charge in [-0.15, -0.1) is 0 Å². The van der Waals surface area contributed by atoms with Gasteiger partial charge in [0.2, 0.25) is 5.89 Å². The Morgan fingerprint density at radius 3 is 2.78 bits per heavy atom. The van der Waals surface area contributed by atoms with Crippen LogP contribution in [0, 0.1) is 5.92 Å². The summed E-state index contributed by atoms with van der Waals surface area (Å²) in [5.74, 6) is 0.576. The standard InChI is InChI=1S/C12H21N3O3/c1-4-5-10-14-11(18-15-10)7-13-9(12(16)17)6-8(2)3/h8-9,13H,4-7H2,1-3H3,(H,16,17). The summed E-state index contributed by atoms with van der Waals surface area (Å²) in [4.78, 5) is 15.2. The van der Waals surface area contributed by atoms with Gasteiger partial charge >= 0.3 is 5.97 Å². The van der Waals surface area contributed by atoms with Crippen LogP contribution in [0.2, 0.25) is 0 Å². The van der Waals surface area contributed by atoms with Crippen LogP contribution < -0.4 is 5.32 Å². The summed E-state index contributed by atoms with van der Waals surface area (Å²) in [7, 11) is 0. The highest BCUT2D eigenvalue weighted by Gasteiger charge is 2.19. The highest BCUT2D eigenvalue weighted by molar-refractivity contribution is 5.73. The van der Waals surface area contributed by atoms with Gasteiger partial charge in [0.15, 0.2) is 5.82 Å². The van der Waals surface area contributed by atoms with Gasteiger partial charge in [-0.05, 0) is 18.8 Å². The van der Waals surface area contributed by atoms with Crippen molar-refractivity contribution in [2.24, 2.45) is 5.92 Å². The fourth-order valence-electron chi connectivity index (χ4n) is 1.64. The van der Waals surface area contributed by atoms with Crippen molar-refractivity contribution >= 4 is 5.97 Å². The quantitative estimate of drug-likeness (QED) is 0.733. The first kappa shape index (κ1) is 14.6. The maximum absolute atomic E-state index is 11.0. The number of aromatic nitrogens is 2. The van der Waals surface area contributed by atoms with Crippen LogP contribution >= 0.6 is 0 Å². The highest BCUT2D eigenvalue weighted by Crippen LogP contribution is 2.06. The predicted octanol–water partition coefficient (Wildman–Crippen LogP) is 1.61. The van der Waals surface area contributed by atoms with E-state index in [0.717, 1.165) is 12.8 Å². The van der Waals surface area contributed by atoms with Crippen LogP contribution in [0.5, 0.6) is 0 Å². The van der Waals surface area contributed by atoms with Gasteiger partial charge in [0.05, 0.1) is 6.54 Å². The third-order valence-electron chi connectivity index (χ3n) is 2.49. The maximum Gasteiger partial charge on any atom is 0.320 e. The number of aryl methyl sites for hydroxylation is 1. The maximum atomic E-state index is 11.0. The van der Waals surface area contributed by atoms with Crippen LogP contribution in [-0.2, 0) is 17.8 Å². The molecule has 1 unspecified atom stereocenters. The summed E-state index contributed by atoms with van der Waals surface area (Å²) in [5.41, 5.74) is 0. The number of hydrogen-bond acceptors (Lipinski definition) is 5. The van der Waals surface area contributed by atoms with Crippen LogP contribution in [0.1, 0.15) is 45.3 Å². The van der Waals surface area contributed by atoms with Gasteiger partial charge in [-0.1, -0.05) is 25.9 Å². The Kier molecular flexibility index (Phi) is 5.77. The zero-order valence-electron chi connectivity index (χ0n) is 11.1. The third kappa shape index (κ3) is 4.83. The molecular weight excluding hydrogens is 234 g/mol. The number of nitrogens with zero attached hydrogens (tertiary/aromatic N) is 2. The molecule has 6 heteroatoms. The monoisotopic (exact) mass is 255 g/mol. The molecule has 18 heavy (non-hydrogen) atoms. The summed E-state index contributed by atoms with van der Waals surface area (Å²) < 4.78 is 5.04. The van der Waals surface area contributed by atoms with Gasteiger partial charge in [-0.25, -0.2) is 0 Å². The molecule has 1 heterocycles. The van der Waals surface area contributed by atoms with E-state index in [2.05, 4.69) is 15.5 Å². The fourth-order valence-corrected chi connectivity index (χ4v) is 1.64. The van der Waals surface area contributed by atoms with Crippen molar-refractivity contribution in [1.82, 2.24) is 15.5 Å². The van der Waals surface area contributed by atoms with E-state index >= 15 is 0 Å². The minimum absolute atomic E-state index is 0.292. The molecule has 0 bridgehead atoms. The number of rotatable bonds is 8. The van der Waals surface area contributed by atoms with Crippen molar-refractivity contribution in [3.8, 4) is 0 Å². The Morgan fingerprint density at radius 1 is 1.50 bits per heavy atom. The van der Waals surface area contributed by atoms with Gasteiger partial charge in [0.1, 0.15) is 6.04 Å². The van der Waals surface area contributed by atoms with Crippen molar-refractivity contribution in [2.45, 2.75) is 52.6 Å². The van der Waals surface area contributed by atoms with E-state index in [1.54, 1.807) is 0 Å². The Hall–Kier alpha value is -1.43. The normalized spacial score (nSPS) is 12.9. The Balaban J connectivity index is 2.47. The molecule has 1 aromatic heterocycles. The van der Waals surface area contributed by atoms with Crippen molar-refractivity contribution < 1.29 is 14.4 Å². The first-order valence-electron chi connectivity index (χ1n) is 6.30. The van der Waals surface area contributed by atoms with Crippen LogP contribution in [0.4, 0.5) is 0 Å². The van der Waals surface area contributed by atoms with Crippen LogP contribution in [0.15, 0.2) is 4.52 Å². The summed E-state index contributed by atoms with van der Waals surface area (Å²) in [6, 6.07) is -0.577. The summed E-state index contributed by atoms with van der Waals surface area (Å²) in [5, 5.41) is 15.8. The van der Waals surface area contributed by atoms with Crippen molar-refractivity contribution in [1.29, 1.82) is 0 Å². The molecule has 0 aliphatic rings. The number of nitrogens with one attached hydrogen (secondary N) is 1. The van der Waals surface area contributed by atoms with E-state index in [0.29, 0.717) is 30.6 Å². The van der Waals surface area contributed by atoms with E-state index in [1.807, 2.05) is 20.8 Å². The van der Waals surface area contributed by atoms with Crippen LogP contribution in [0.3, 0.4) is 0 Å². The van der Waals surface area contributed by atoms with E-state index in [9.17, 15) is 4.79 Å². The third-order valence-corrected chi connectivity index (χ3v) is 2.49. The molecule has 6 nitrogen and oxygen atoms in total. The van der Waals surface area contributed by atoms with Crippen LogP contribution in [0.25, 0.3) is 0 Å². The number of carboxylic acids is 1. The van der Waals surface area contributed by atoms with Crippen molar-refractivity contribution in [3.63, 3.8) is 0 Å². The topological polar surface area (TPSA) is 88.2 Å². The zero-order chi connectivity index (χ0) is 13.5. The molecule has 0 radical (unpaired) electrons. The molecule has 0 saturated carbocycles. The smallest absolute Gasteiger partial charge is 0.320 e. The second-order valence-corrected chi connectivity index (χ2v) is 4.76. The van der Waals surface area contributed by atoms with E-state index in [-0.39, 0.29) is 0 Å². The molecule has 0 aliphatic heterocycles. The van der Waals surface area contributed by atoms with Gasteiger partial charge in [0, 0.05) is 6.42 Å². The molecule has 1 atom stereocenters. The Morgan fingerprint density at radius 2 is 2.22 bits per heavy atom. The van der Waals surface area contributed by atoms with Crippen LogP contribution in [-0.4, -0.2) is 27.3 Å². The number of carboxylic acid groups (broad SMARTS) is 1. The van der Waals surface area contributed by atoms with Gasteiger partial charge < -0.3 is 9.63 Å². The molecule has 1 rings (SSSR count). The molecule has 1 aromatic rings.